The monoisotopic (exact) mass is 453 g/mol. The number of aromatic amines is 1. The van der Waals surface area contributed by atoms with Crippen molar-refractivity contribution in [1.29, 1.82) is 0 Å². The van der Waals surface area contributed by atoms with E-state index in [4.69, 9.17) is 4.98 Å². The third-order valence-electron chi connectivity index (χ3n) is 7.07. The standard InChI is InChI=1S/C27H27N5O2/c1-31-9-11-32(12-10-31)24(33)14-17-3-2-4-18(13-17)23-15-21-19(16-29-23)5-6-20-25-22(30-26(20)21)7-8-28-27(25)34/h2-6,13,15-16,30H,7-12,14H2,1H3,(H,28,34). The van der Waals surface area contributed by atoms with Crippen molar-refractivity contribution >= 4 is 33.5 Å². The number of nitrogens with one attached hydrogen (secondary N) is 2. The van der Waals surface area contributed by atoms with Gasteiger partial charge in [-0.2, -0.15) is 0 Å². The maximum Gasteiger partial charge on any atom is 0.253 e. The molecule has 2 aliphatic rings. The van der Waals surface area contributed by atoms with E-state index in [0.717, 1.165) is 82.4 Å². The van der Waals surface area contributed by atoms with E-state index in [0.29, 0.717) is 13.0 Å². The van der Waals surface area contributed by atoms with E-state index in [1.807, 2.05) is 41.4 Å². The molecule has 0 saturated carbocycles. The molecule has 4 heterocycles. The molecule has 0 spiro atoms. The molecule has 2 aliphatic heterocycles. The number of carbonyl (C=O) groups is 2. The van der Waals surface area contributed by atoms with Gasteiger partial charge < -0.3 is 20.1 Å². The summed E-state index contributed by atoms with van der Waals surface area (Å²) in [6, 6.07) is 14.2. The molecule has 1 saturated heterocycles. The van der Waals surface area contributed by atoms with Crippen molar-refractivity contribution < 1.29 is 9.59 Å². The number of nitrogens with zero attached hydrogens (tertiary/aromatic N) is 3. The lowest BCUT2D eigenvalue weighted by molar-refractivity contribution is -0.132. The molecule has 2 aromatic carbocycles. The van der Waals surface area contributed by atoms with Crippen LogP contribution in [0.1, 0.15) is 21.6 Å². The minimum atomic E-state index is -0.0150. The lowest BCUT2D eigenvalue weighted by Crippen LogP contribution is -2.47. The molecule has 2 N–H and O–H groups in total. The molecule has 172 valence electrons. The number of fused-ring (bicyclic) bond motifs is 5. The molecule has 6 rings (SSSR count). The van der Waals surface area contributed by atoms with E-state index in [1.54, 1.807) is 0 Å². The molecule has 0 unspecified atom stereocenters. The Morgan fingerprint density at radius 1 is 1.06 bits per heavy atom. The van der Waals surface area contributed by atoms with Gasteiger partial charge in [0, 0.05) is 72.8 Å². The fourth-order valence-electron chi connectivity index (χ4n) is 5.11. The fourth-order valence-corrected chi connectivity index (χ4v) is 5.11. The van der Waals surface area contributed by atoms with Crippen LogP contribution in [0.2, 0.25) is 0 Å². The first kappa shape index (κ1) is 20.9. The van der Waals surface area contributed by atoms with Crippen molar-refractivity contribution in [2.24, 2.45) is 0 Å². The topological polar surface area (TPSA) is 81.3 Å². The van der Waals surface area contributed by atoms with Gasteiger partial charge in [-0.1, -0.05) is 30.3 Å². The maximum absolute atomic E-state index is 12.8. The van der Waals surface area contributed by atoms with E-state index in [2.05, 4.69) is 34.4 Å². The van der Waals surface area contributed by atoms with Gasteiger partial charge in [0.1, 0.15) is 0 Å². The van der Waals surface area contributed by atoms with Crippen LogP contribution in [0.4, 0.5) is 0 Å². The third kappa shape index (κ3) is 3.62. The Bertz CT molecular complexity index is 1430. The van der Waals surface area contributed by atoms with Gasteiger partial charge >= 0.3 is 0 Å². The van der Waals surface area contributed by atoms with Gasteiger partial charge in [-0.05, 0) is 24.7 Å². The third-order valence-corrected chi connectivity index (χ3v) is 7.07. The maximum atomic E-state index is 12.8. The minimum Gasteiger partial charge on any atom is -0.357 e. The first-order valence-corrected chi connectivity index (χ1v) is 11.8. The Kier molecular flexibility index (Phi) is 5.07. The van der Waals surface area contributed by atoms with Crippen LogP contribution in [0, 0.1) is 0 Å². The van der Waals surface area contributed by atoms with Crippen LogP contribution in [0.15, 0.2) is 48.7 Å². The molecular formula is C27H27N5O2. The second-order valence-electron chi connectivity index (χ2n) is 9.32. The summed E-state index contributed by atoms with van der Waals surface area (Å²) in [5.41, 5.74) is 5.56. The van der Waals surface area contributed by atoms with Gasteiger partial charge in [-0.3, -0.25) is 14.6 Å². The molecule has 0 atom stereocenters. The molecule has 0 aliphatic carbocycles. The van der Waals surface area contributed by atoms with E-state index in [1.165, 1.54) is 0 Å². The summed E-state index contributed by atoms with van der Waals surface area (Å²) in [5, 5.41) is 5.96. The lowest BCUT2D eigenvalue weighted by Gasteiger charge is -2.32. The number of H-pyrrole nitrogens is 1. The normalized spacial score (nSPS) is 16.6. The zero-order valence-electron chi connectivity index (χ0n) is 19.2. The van der Waals surface area contributed by atoms with Crippen LogP contribution in [0.5, 0.6) is 0 Å². The van der Waals surface area contributed by atoms with E-state index in [9.17, 15) is 9.59 Å². The van der Waals surface area contributed by atoms with Gasteiger partial charge in [0.2, 0.25) is 5.91 Å². The predicted octanol–water partition coefficient (Wildman–Crippen LogP) is 2.99. The number of hydrogen-bond acceptors (Lipinski definition) is 4. The molecule has 0 bridgehead atoms. The Morgan fingerprint density at radius 2 is 1.91 bits per heavy atom. The quantitative estimate of drug-likeness (QED) is 0.500. The van der Waals surface area contributed by atoms with Crippen molar-refractivity contribution in [1.82, 2.24) is 25.1 Å². The number of hydrogen-bond donors (Lipinski definition) is 2. The van der Waals surface area contributed by atoms with Crippen molar-refractivity contribution in [2.75, 3.05) is 39.8 Å². The molecular weight excluding hydrogens is 426 g/mol. The number of benzene rings is 2. The lowest BCUT2D eigenvalue weighted by atomic mass is 10.0. The molecule has 7 nitrogen and oxygen atoms in total. The number of rotatable bonds is 3. The van der Waals surface area contributed by atoms with Gasteiger partial charge in [-0.25, -0.2) is 0 Å². The summed E-state index contributed by atoms with van der Waals surface area (Å²) in [6.07, 6.45) is 3.08. The number of piperazine rings is 1. The number of carbonyl (C=O) groups excluding carboxylic acids is 2. The van der Waals surface area contributed by atoms with Crippen LogP contribution >= 0.6 is 0 Å². The first-order chi connectivity index (χ1) is 16.6. The zero-order valence-corrected chi connectivity index (χ0v) is 19.2. The largest absolute Gasteiger partial charge is 0.357 e. The zero-order chi connectivity index (χ0) is 23.2. The molecule has 2 amide bonds. The van der Waals surface area contributed by atoms with Crippen LogP contribution in [-0.2, 0) is 17.6 Å². The molecule has 2 aromatic heterocycles. The summed E-state index contributed by atoms with van der Waals surface area (Å²) >= 11 is 0. The highest BCUT2D eigenvalue weighted by molar-refractivity contribution is 6.16. The molecule has 7 heteroatoms. The summed E-state index contributed by atoms with van der Waals surface area (Å²) in [5.74, 6) is 0.160. The summed E-state index contributed by atoms with van der Waals surface area (Å²) in [6.45, 7) is 4.07. The average Bonchev–Trinajstić information content (AvgIpc) is 3.25. The summed E-state index contributed by atoms with van der Waals surface area (Å²) in [7, 11) is 2.09. The number of pyridine rings is 1. The van der Waals surface area contributed by atoms with Crippen molar-refractivity contribution in [3.63, 3.8) is 0 Å². The molecule has 1 fully saturated rings. The number of amides is 2. The van der Waals surface area contributed by atoms with E-state index >= 15 is 0 Å². The second kappa shape index (κ2) is 8.25. The number of likely N-dealkylation sites (N-methyl/N-ethyl adjacent to an activating group) is 1. The summed E-state index contributed by atoms with van der Waals surface area (Å²) in [4.78, 5) is 37.7. The fraction of sp³-hybridized carbons (Fsp3) is 0.296. The van der Waals surface area contributed by atoms with Crippen LogP contribution in [0.3, 0.4) is 0 Å². The van der Waals surface area contributed by atoms with Gasteiger partial charge in [-0.15, -0.1) is 0 Å². The van der Waals surface area contributed by atoms with Crippen LogP contribution < -0.4 is 5.32 Å². The molecule has 4 aromatic rings. The summed E-state index contributed by atoms with van der Waals surface area (Å²) < 4.78 is 0. The van der Waals surface area contributed by atoms with Crippen molar-refractivity contribution in [2.45, 2.75) is 12.8 Å². The second-order valence-corrected chi connectivity index (χ2v) is 9.32. The Labute approximate surface area is 197 Å². The SMILES string of the molecule is CN1CCN(C(=O)Cc2cccc(-c3cc4c(ccc5c6c([nH]c54)CCNC6=O)cn3)c2)CC1. The smallest absolute Gasteiger partial charge is 0.253 e. The van der Waals surface area contributed by atoms with E-state index < -0.39 is 0 Å². The molecule has 34 heavy (non-hydrogen) atoms. The Balaban J connectivity index is 1.34. The highest BCUT2D eigenvalue weighted by Gasteiger charge is 2.23. The Hall–Kier alpha value is -3.71. The van der Waals surface area contributed by atoms with Gasteiger partial charge in [0.25, 0.3) is 5.91 Å². The Morgan fingerprint density at radius 3 is 2.76 bits per heavy atom. The number of aromatic nitrogens is 2. The van der Waals surface area contributed by atoms with Crippen LogP contribution in [0.25, 0.3) is 32.9 Å². The highest BCUT2D eigenvalue weighted by atomic mass is 16.2. The van der Waals surface area contributed by atoms with Crippen molar-refractivity contribution in [3.05, 3.63) is 65.5 Å². The van der Waals surface area contributed by atoms with Gasteiger partial charge in [0.05, 0.1) is 23.2 Å². The minimum absolute atomic E-state index is 0.0150. The van der Waals surface area contributed by atoms with Crippen molar-refractivity contribution in [3.8, 4) is 11.3 Å². The van der Waals surface area contributed by atoms with Crippen LogP contribution in [-0.4, -0.2) is 71.4 Å². The first-order valence-electron chi connectivity index (χ1n) is 11.8. The van der Waals surface area contributed by atoms with E-state index in [-0.39, 0.29) is 11.8 Å². The molecule has 0 radical (unpaired) electrons. The van der Waals surface area contributed by atoms with Gasteiger partial charge in [0.15, 0.2) is 0 Å². The predicted molar refractivity (Wildman–Crippen MR) is 133 cm³/mol. The average molecular weight is 454 g/mol. The highest BCUT2D eigenvalue weighted by Crippen LogP contribution is 2.32.